The number of likely N-dealkylation sites (N-methyl/N-ethyl adjacent to an activating group) is 1. The number of thioether (sulfide) groups is 1. The zero-order valence-electron chi connectivity index (χ0n) is 17.1. The predicted molar refractivity (Wildman–Crippen MR) is 112 cm³/mol. The van der Waals surface area contributed by atoms with Gasteiger partial charge in [0.2, 0.25) is 5.91 Å². The first-order valence-corrected chi connectivity index (χ1v) is 10.9. The van der Waals surface area contributed by atoms with Crippen LogP contribution in [0.2, 0.25) is 0 Å². The van der Waals surface area contributed by atoms with Crippen molar-refractivity contribution in [3.8, 4) is 0 Å². The maximum Gasteiger partial charge on any atom is 0.416 e. The van der Waals surface area contributed by atoms with E-state index in [1.165, 1.54) is 17.4 Å². The van der Waals surface area contributed by atoms with Crippen molar-refractivity contribution in [2.75, 3.05) is 26.9 Å². The number of carbonyl (C=O) groups excluding carboxylic acids is 1. The van der Waals surface area contributed by atoms with Gasteiger partial charge in [-0.3, -0.25) is 4.79 Å². The van der Waals surface area contributed by atoms with Gasteiger partial charge >= 0.3 is 6.18 Å². The van der Waals surface area contributed by atoms with Crippen molar-refractivity contribution >= 4 is 23.6 Å². The van der Waals surface area contributed by atoms with Gasteiger partial charge in [-0.15, -0.1) is 0 Å². The van der Waals surface area contributed by atoms with Crippen LogP contribution in [0.5, 0.6) is 0 Å². The summed E-state index contributed by atoms with van der Waals surface area (Å²) < 4.78 is 38.8. The van der Waals surface area contributed by atoms with Crippen molar-refractivity contribution in [2.24, 2.45) is 4.99 Å². The Morgan fingerprint density at radius 2 is 2.07 bits per heavy atom. The van der Waals surface area contributed by atoms with Crippen LogP contribution >= 0.6 is 11.8 Å². The first-order chi connectivity index (χ1) is 13.7. The average Bonchev–Trinajstić information content (AvgIpc) is 2.69. The van der Waals surface area contributed by atoms with E-state index in [-0.39, 0.29) is 25.0 Å². The lowest BCUT2D eigenvalue weighted by Gasteiger charge is -2.30. The molecule has 0 aliphatic heterocycles. The van der Waals surface area contributed by atoms with E-state index in [4.69, 9.17) is 0 Å². The highest BCUT2D eigenvalue weighted by atomic mass is 32.2. The van der Waals surface area contributed by atoms with Gasteiger partial charge in [-0.1, -0.05) is 18.6 Å². The van der Waals surface area contributed by atoms with Crippen molar-refractivity contribution in [3.63, 3.8) is 0 Å². The Labute approximate surface area is 174 Å². The molecule has 0 heterocycles. The molecule has 2 atom stereocenters. The second kappa shape index (κ2) is 10.8. The molecule has 1 amide bonds. The third-order valence-corrected chi connectivity index (χ3v) is 5.98. The number of nitrogens with one attached hydrogen (secondary N) is 2. The van der Waals surface area contributed by atoms with Crippen LogP contribution in [0.4, 0.5) is 13.2 Å². The Balaban J connectivity index is 2.10. The number of alkyl halides is 3. The summed E-state index contributed by atoms with van der Waals surface area (Å²) in [6, 6.07) is 5.38. The van der Waals surface area contributed by atoms with E-state index < -0.39 is 11.7 Å². The molecule has 0 bridgehead atoms. The summed E-state index contributed by atoms with van der Waals surface area (Å²) in [5.74, 6) is 0.341. The van der Waals surface area contributed by atoms with E-state index in [9.17, 15) is 18.0 Å². The number of rotatable bonds is 6. The topological polar surface area (TPSA) is 56.7 Å². The van der Waals surface area contributed by atoms with Gasteiger partial charge in [0.1, 0.15) is 0 Å². The van der Waals surface area contributed by atoms with E-state index in [1.54, 1.807) is 20.2 Å². The largest absolute Gasteiger partial charge is 0.416 e. The van der Waals surface area contributed by atoms with Crippen LogP contribution in [0.1, 0.15) is 36.8 Å². The van der Waals surface area contributed by atoms with E-state index in [1.807, 2.05) is 11.8 Å². The number of guanidine groups is 1. The molecule has 2 unspecified atom stereocenters. The molecule has 29 heavy (non-hydrogen) atoms. The number of carbonyl (C=O) groups is 1. The lowest BCUT2D eigenvalue weighted by molar-refractivity contribution is -0.137. The van der Waals surface area contributed by atoms with Gasteiger partial charge in [-0.05, 0) is 43.2 Å². The van der Waals surface area contributed by atoms with Gasteiger partial charge < -0.3 is 15.5 Å². The molecule has 1 aliphatic carbocycles. The quantitative estimate of drug-likeness (QED) is 0.536. The number of amides is 1. The van der Waals surface area contributed by atoms with Crippen LogP contribution in [0.25, 0.3) is 0 Å². The Hall–Kier alpha value is -1.90. The molecule has 2 N–H and O–H groups in total. The molecule has 9 heteroatoms. The first kappa shape index (κ1) is 23.4. The number of hydrogen-bond donors (Lipinski definition) is 2. The van der Waals surface area contributed by atoms with Gasteiger partial charge in [-0.2, -0.15) is 24.9 Å². The fraction of sp³-hybridized carbons (Fsp3) is 0.600. The van der Waals surface area contributed by atoms with Gasteiger partial charge in [0, 0.05) is 25.4 Å². The Kier molecular flexibility index (Phi) is 8.67. The van der Waals surface area contributed by atoms with Crippen LogP contribution in [0.15, 0.2) is 29.3 Å². The fourth-order valence-electron chi connectivity index (χ4n) is 3.17. The van der Waals surface area contributed by atoms with E-state index in [0.29, 0.717) is 16.8 Å². The highest BCUT2D eigenvalue weighted by Crippen LogP contribution is 2.30. The summed E-state index contributed by atoms with van der Waals surface area (Å²) in [4.78, 5) is 17.8. The van der Waals surface area contributed by atoms with Crippen LogP contribution in [-0.4, -0.2) is 55.0 Å². The van der Waals surface area contributed by atoms with Crippen LogP contribution in [0.3, 0.4) is 0 Å². The monoisotopic (exact) mass is 430 g/mol. The van der Waals surface area contributed by atoms with Gasteiger partial charge in [0.05, 0.1) is 18.7 Å². The zero-order chi connectivity index (χ0) is 21.4. The van der Waals surface area contributed by atoms with Crippen molar-refractivity contribution in [2.45, 2.75) is 49.7 Å². The number of halogens is 3. The van der Waals surface area contributed by atoms with Gasteiger partial charge in [0.25, 0.3) is 0 Å². The summed E-state index contributed by atoms with van der Waals surface area (Å²) in [5, 5.41) is 6.96. The minimum absolute atomic E-state index is 0.0695. The summed E-state index contributed by atoms with van der Waals surface area (Å²) in [7, 11) is 3.34. The molecule has 5 nitrogen and oxygen atoms in total. The third kappa shape index (κ3) is 7.79. The number of nitrogens with zero attached hydrogens (tertiary/aromatic N) is 2. The van der Waals surface area contributed by atoms with Crippen LogP contribution in [-0.2, 0) is 17.5 Å². The van der Waals surface area contributed by atoms with Crippen molar-refractivity contribution < 1.29 is 18.0 Å². The molecule has 2 rings (SSSR count). The van der Waals surface area contributed by atoms with Crippen molar-refractivity contribution in [1.29, 1.82) is 0 Å². The summed E-state index contributed by atoms with van der Waals surface area (Å²) in [6.07, 6.45) is 2.01. The second-order valence-corrected chi connectivity index (χ2v) is 8.51. The van der Waals surface area contributed by atoms with Crippen molar-refractivity contribution in [3.05, 3.63) is 35.4 Å². The number of benzene rings is 1. The highest BCUT2D eigenvalue weighted by molar-refractivity contribution is 7.99. The Bertz CT molecular complexity index is 709. The van der Waals surface area contributed by atoms with Crippen molar-refractivity contribution in [1.82, 2.24) is 15.5 Å². The van der Waals surface area contributed by atoms with E-state index >= 15 is 0 Å². The zero-order valence-corrected chi connectivity index (χ0v) is 17.9. The predicted octanol–water partition coefficient (Wildman–Crippen LogP) is 3.50. The minimum Gasteiger partial charge on any atom is -0.354 e. The Morgan fingerprint density at radius 1 is 1.31 bits per heavy atom. The minimum atomic E-state index is -4.38. The molecular formula is C20H29F3N4OS. The molecule has 0 aromatic heterocycles. The maximum atomic E-state index is 12.9. The fourth-order valence-corrected chi connectivity index (χ4v) is 4.00. The highest BCUT2D eigenvalue weighted by Gasteiger charge is 2.30. The van der Waals surface area contributed by atoms with E-state index in [2.05, 4.69) is 21.9 Å². The molecule has 1 aliphatic rings. The van der Waals surface area contributed by atoms with Gasteiger partial charge in [0.15, 0.2) is 5.96 Å². The Morgan fingerprint density at radius 3 is 2.72 bits per heavy atom. The molecule has 0 saturated heterocycles. The average molecular weight is 431 g/mol. The molecule has 162 valence electrons. The van der Waals surface area contributed by atoms with Crippen LogP contribution < -0.4 is 10.6 Å². The molecule has 0 radical (unpaired) electrons. The normalized spacial score (nSPS) is 20.3. The molecule has 1 aromatic rings. The van der Waals surface area contributed by atoms with Crippen LogP contribution in [0, 0.1) is 0 Å². The maximum absolute atomic E-state index is 12.9. The molecular weight excluding hydrogens is 401 g/mol. The number of hydrogen-bond acceptors (Lipinski definition) is 3. The van der Waals surface area contributed by atoms with E-state index in [0.717, 1.165) is 31.4 Å². The first-order valence-electron chi connectivity index (χ1n) is 9.63. The third-order valence-electron chi connectivity index (χ3n) is 4.88. The lowest BCUT2D eigenvalue weighted by atomic mass is 9.95. The summed E-state index contributed by atoms with van der Waals surface area (Å²) in [6.45, 7) is 0.161. The summed E-state index contributed by atoms with van der Waals surface area (Å²) in [5.41, 5.74) is -0.226. The smallest absolute Gasteiger partial charge is 0.354 e. The van der Waals surface area contributed by atoms with Gasteiger partial charge in [-0.25, -0.2) is 4.99 Å². The second-order valence-electron chi connectivity index (χ2n) is 7.37. The number of aliphatic imine (C=N–C) groups is 1. The molecule has 1 fully saturated rings. The molecule has 0 spiro atoms. The standard InChI is InChI=1S/C20H29F3N4OS/c1-27(2)18(28)13-25-19(26-16-8-5-9-17(11-16)29-3)24-12-14-6-4-7-15(10-14)20(21,22)23/h4,6-7,10,16-17H,5,8-9,11-13H2,1-3H3,(H2,24,25,26). The summed E-state index contributed by atoms with van der Waals surface area (Å²) >= 11 is 1.85. The molecule has 1 aromatic carbocycles. The molecule has 1 saturated carbocycles. The SMILES string of the molecule is CSC1CCCC(NC(=NCc2cccc(C(F)(F)F)c2)NCC(=O)N(C)C)C1. The lowest BCUT2D eigenvalue weighted by Crippen LogP contribution is -2.48.